The normalized spacial score (nSPS) is 12.6. The molecule has 1 rings (SSSR count). The van der Waals surface area contributed by atoms with Gasteiger partial charge in [-0.05, 0) is 6.07 Å². The number of nitrogens with one attached hydrogen (secondary N) is 3. The van der Waals surface area contributed by atoms with Crippen molar-refractivity contribution in [2.45, 2.75) is 18.9 Å². The molecule has 1 heterocycles. The molecule has 0 saturated carbocycles. The van der Waals surface area contributed by atoms with Crippen LogP contribution >= 0.6 is 0 Å². The highest BCUT2D eigenvalue weighted by molar-refractivity contribution is 7.89. The summed E-state index contributed by atoms with van der Waals surface area (Å²) in [4.78, 5) is 0. The lowest BCUT2D eigenvalue weighted by Crippen LogP contribution is -2.42. The molecule has 1 aromatic rings. The average molecular weight is 245 g/mol. The summed E-state index contributed by atoms with van der Waals surface area (Å²) in [5.41, 5.74) is 4.63. The Balaban J connectivity index is 2.74. The number of hydrogen-bond donors (Lipinski definition) is 4. The summed E-state index contributed by atoms with van der Waals surface area (Å²) in [6.07, 6.45) is 1.35. The van der Waals surface area contributed by atoms with E-state index >= 15 is 0 Å². The molecule has 0 fully saturated rings. The average Bonchev–Trinajstić information content (AvgIpc) is 2.68. The first-order valence-corrected chi connectivity index (χ1v) is 6.07. The van der Waals surface area contributed by atoms with Crippen LogP contribution in [0, 0.1) is 10.8 Å². The maximum atomic E-state index is 11.7. The van der Waals surface area contributed by atoms with Crippen LogP contribution in [0.25, 0.3) is 0 Å². The lowest BCUT2D eigenvalue weighted by molar-refractivity contribution is 0.492. The highest BCUT2D eigenvalue weighted by atomic mass is 32.2. The third-order valence-corrected chi connectivity index (χ3v) is 3.53. The Bertz CT molecular complexity index is 463. The highest BCUT2D eigenvalue weighted by Gasteiger charge is 2.25. The Morgan fingerprint density at radius 1 is 1.69 bits per heavy atom. The Kier molecular flexibility index (Phi) is 3.34. The number of sulfonamides is 1. The Morgan fingerprint density at radius 2 is 2.31 bits per heavy atom. The molecule has 0 aliphatic rings. The van der Waals surface area contributed by atoms with Crippen LogP contribution in [0.15, 0.2) is 17.3 Å². The van der Waals surface area contributed by atoms with Crippen molar-refractivity contribution in [3.8, 4) is 0 Å². The van der Waals surface area contributed by atoms with Gasteiger partial charge in [-0.15, -0.1) is 0 Å². The second kappa shape index (κ2) is 4.22. The number of H-pyrrole nitrogens is 1. The summed E-state index contributed by atoms with van der Waals surface area (Å²) in [5, 5.41) is 13.2. The summed E-state index contributed by atoms with van der Waals surface area (Å²) in [7, 11) is -3.60. The van der Waals surface area contributed by atoms with Crippen molar-refractivity contribution in [3.05, 3.63) is 12.3 Å². The topological polar surface area (TPSA) is 125 Å². The molecule has 0 atom stereocenters. The number of hydrogen-bond acceptors (Lipinski definition) is 4. The molecule has 0 bridgehead atoms. The Morgan fingerprint density at radius 3 is 2.75 bits per heavy atom. The molecule has 90 valence electrons. The van der Waals surface area contributed by atoms with E-state index < -0.39 is 15.4 Å². The van der Waals surface area contributed by atoms with Crippen molar-refractivity contribution < 1.29 is 8.42 Å². The van der Waals surface area contributed by atoms with E-state index in [9.17, 15) is 8.42 Å². The van der Waals surface area contributed by atoms with Gasteiger partial charge in [-0.25, -0.2) is 13.1 Å². The molecule has 16 heavy (non-hydrogen) atoms. The highest BCUT2D eigenvalue weighted by Crippen LogP contribution is 2.14. The summed E-state index contributed by atoms with van der Waals surface area (Å²) >= 11 is 0. The zero-order valence-corrected chi connectivity index (χ0v) is 9.93. The SMILES string of the molecule is CC(C)(CNS(=O)(=O)c1ccn[nH]1)C(=N)N. The molecule has 8 heteroatoms. The lowest BCUT2D eigenvalue weighted by atomic mass is 9.93. The maximum absolute atomic E-state index is 11.7. The smallest absolute Gasteiger partial charge is 0.257 e. The first kappa shape index (κ1) is 12.7. The maximum Gasteiger partial charge on any atom is 0.257 e. The molecule has 0 unspecified atom stereocenters. The van der Waals surface area contributed by atoms with E-state index in [-0.39, 0.29) is 17.4 Å². The monoisotopic (exact) mass is 245 g/mol. The lowest BCUT2D eigenvalue weighted by Gasteiger charge is -2.22. The minimum atomic E-state index is -3.60. The molecule has 0 radical (unpaired) electrons. The zero-order valence-electron chi connectivity index (χ0n) is 9.11. The minimum absolute atomic E-state index is 0.00754. The van der Waals surface area contributed by atoms with Crippen molar-refractivity contribution in [2.24, 2.45) is 11.1 Å². The fraction of sp³-hybridized carbons (Fsp3) is 0.500. The standard InChI is InChI=1S/C8H15N5O2S/c1-8(2,7(9)10)5-12-16(14,15)6-3-4-11-13-6/h3-4,12H,5H2,1-2H3,(H3,9,10)(H,11,13). The van der Waals surface area contributed by atoms with Gasteiger partial charge in [0.2, 0.25) is 0 Å². The number of aromatic nitrogens is 2. The second-order valence-electron chi connectivity index (χ2n) is 4.04. The van der Waals surface area contributed by atoms with Crippen LogP contribution in [0.5, 0.6) is 0 Å². The van der Waals surface area contributed by atoms with Crippen LogP contribution in [-0.4, -0.2) is 31.0 Å². The quantitative estimate of drug-likeness (QED) is 0.418. The van der Waals surface area contributed by atoms with Gasteiger partial charge in [0.15, 0.2) is 5.03 Å². The van der Waals surface area contributed by atoms with Gasteiger partial charge in [-0.3, -0.25) is 10.5 Å². The third kappa shape index (κ3) is 2.80. The van der Waals surface area contributed by atoms with Crippen LogP contribution in [-0.2, 0) is 10.0 Å². The molecular formula is C8H15N5O2S. The third-order valence-electron chi connectivity index (χ3n) is 2.20. The van der Waals surface area contributed by atoms with E-state index in [0.717, 1.165) is 0 Å². The number of aromatic amines is 1. The molecule has 0 aliphatic heterocycles. The van der Waals surface area contributed by atoms with E-state index in [1.165, 1.54) is 12.3 Å². The Labute approximate surface area is 94.0 Å². The summed E-state index contributed by atoms with van der Waals surface area (Å²) < 4.78 is 25.7. The molecule has 0 amide bonds. The molecule has 5 N–H and O–H groups in total. The van der Waals surface area contributed by atoms with E-state index in [0.29, 0.717) is 0 Å². The first-order chi connectivity index (χ1) is 7.26. The van der Waals surface area contributed by atoms with E-state index in [1.807, 2.05) is 0 Å². The largest absolute Gasteiger partial charge is 0.387 e. The number of amidine groups is 1. The summed E-state index contributed by atoms with van der Waals surface area (Å²) in [6.45, 7) is 3.43. The molecular weight excluding hydrogens is 230 g/mol. The van der Waals surface area contributed by atoms with Gasteiger partial charge in [0.1, 0.15) is 0 Å². The van der Waals surface area contributed by atoms with E-state index in [4.69, 9.17) is 11.1 Å². The van der Waals surface area contributed by atoms with Gasteiger partial charge < -0.3 is 5.73 Å². The van der Waals surface area contributed by atoms with Gasteiger partial charge in [-0.2, -0.15) is 5.10 Å². The minimum Gasteiger partial charge on any atom is -0.387 e. The van der Waals surface area contributed by atoms with Crippen molar-refractivity contribution in [3.63, 3.8) is 0 Å². The Hall–Kier alpha value is -1.41. The van der Waals surface area contributed by atoms with Gasteiger partial charge >= 0.3 is 0 Å². The van der Waals surface area contributed by atoms with Gasteiger partial charge in [0.25, 0.3) is 10.0 Å². The second-order valence-corrected chi connectivity index (χ2v) is 5.78. The summed E-state index contributed by atoms with van der Waals surface area (Å²) in [6, 6.07) is 1.35. The van der Waals surface area contributed by atoms with Crippen molar-refractivity contribution in [2.75, 3.05) is 6.54 Å². The first-order valence-electron chi connectivity index (χ1n) is 4.59. The number of nitrogens with zero attached hydrogens (tertiary/aromatic N) is 1. The fourth-order valence-electron chi connectivity index (χ4n) is 0.841. The number of nitrogens with two attached hydrogens (primary N) is 1. The predicted octanol–water partition coefficient (Wildman–Crippen LogP) is -0.350. The summed E-state index contributed by atoms with van der Waals surface area (Å²) in [5.74, 6) is -0.0696. The van der Waals surface area contributed by atoms with Crippen LogP contribution in [0.1, 0.15) is 13.8 Å². The van der Waals surface area contributed by atoms with Gasteiger partial charge in [0.05, 0.1) is 12.0 Å². The van der Waals surface area contributed by atoms with Crippen LogP contribution in [0.2, 0.25) is 0 Å². The van der Waals surface area contributed by atoms with E-state index in [2.05, 4.69) is 14.9 Å². The fourth-order valence-corrected chi connectivity index (χ4v) is 1.96. The van der Waals surface area contributed by atoms with Crippen LogP contribution < -0.4 is 10.5 Å². The molecule has 0 aromatic carbocycles. The van der Waals surface area contributed by atoms with Crippen LogP contribution in [0.3, 0.4) is 0 Å². The molecule has 0 aliphatic carbocycles. The van der Waals surface area contributed by atoms with Gasteiger partial charge in [-0.1, -0.05) is 13.8 Å². The van der Waals surface area contributed by atoms with Crippen molar-refractivity contribution >= 4 is 15.9 Å². The zero-order chi connectivity index (χ0) is 12.4. The molecule has 0 saturated heterocycles. The number of rotatable bonds is 5. The van der Waals surface area contributed by atoms with Crippen molar-refractivity contribution in [1.29, 1.82) is 5.41 Å². The van der Waals surface area contributed by atoms with Gasteiger partial charge in [0, 0.05) is 12.0 Å². The predicted molar refractivity (Wildman–Crippen MR) is 59.5 cm³/mol. The molecule has 1 aromatic heterocycles. The van der Waals surface area contributed by atoms with Crippen LogP contribution in [0.4, 0.5) is 0 Å². The van der Waals surface area contributed by atoms with Crippen molar-refractivity contribution in [1.82, 2.24) is 14.9 Å². The molecule has 0 spiro atoms. The molecule has 7 nitrogen and oxygen atoms in total. The van der Waals surface area contributed by atoms with E-state index in [1.54, 1.807) is 13.8 Å².